The van der Waals surface area contributed by atoms with Gasteiger partial charge in [-0.25, -0.2) is 0 Å². The quantitative estimate of drug-likeness (QED) is 0.582. The largest absolute Gasteiger partial charge is 0.491 e. The van der Waals surface area contributed by atoms with Gasteiger partial charge in [0.15, 0.2) is 0 Å². The van der Waals surface area contributed by atoms with E-state index in [0.29, 0.717) is 19.8 Å². The minimum atomic E-state index is 0.0686. The van der Waals surface area contributed by atoms with Crippen molar-refractivity contribution in [2.75, 3.05) is 33.0 Å². The molecule has 0 aromatic heterocycles. The number of hydrogen-bond acceptors (Lipinski definition) is 4. The van der Waals surface area contributed by atoms with Crippen LogP contribution in [0.2, 0.25) is 0 Å². The van der Waals surface area contributed by atoms with Gasteiger partial charge in [-0.05, 0) is 56.0 Å². The molecule has 1 aromatic rings. The molecule has 0 unspecified atom stereocenters. The van der Waals surface area contributed by atoms with Gasteiger partial charge in [0.2, 0.25) is 0 Å². The Kier molecular flexibility index (Phi) is 9.46. The number of ether oxygens (including phenoxy) is 2. The van der Waals surface area contributed by atoms with Crippen LogP contribution in [0.5, 0.6) is 5.75 Å². The molecule has 0 fully saturated rings. The molecule has 20 heavy (non-hydrogen) atoms. The van der Waals surface area contributed by atoms with E-state index >= 15 is 0 Å². The number of benzene rings is 1. The topological polar surface area (TPSA) is 50.7 Å². The summed E-state index contributed by atoms with van der Waals surface area (Å²) in [6.45, 7) is 5.36. The second-order valence-corrected chi connectivity index (χ2v) is 5.96. The second kappa shape index (κ2) is 10.6. The van der Waals surface area contributed by atoms with Crippen LogP contribution in [0, 0.1) is 0 Å². The first-order valence-corrected chi connectivity index (χ1v) is 8.27. The molecule has 0 spiro atoms. The van der Waals surface area contributed by atoms with E-state index in [9.17, 15) is 0 Å². The van der Waals surface area contributed by atoms with Crippen LogP contribution in [-0.4, -0.2) is 38.1 Å². The molecule has 0 heterocycles. The van der Waals surface area contributed by atoms with Crippen molar-refractivity contribution in [3.63, 3.8) is 0 Å². The van der Waals surface area contributed by atoms with Crippen LogP contribution < -0.4 is 10.1 Å². The summed E-state index contributed by atoms with van der Waals surface area (Å²) >= 11 is 7.07. The first kappa shape index (κ1) is 17.9. The first-order chi connectivity index (χ1) is 9.69. The highest BCUT2D eigenvalue weighted by atomic mass is 79.9. The molecule has 0 atom stereocenters. The van der Waals surface area contributed by atoms with Crippen molar-refractivity contribution in [3.8, 4) is 5.75 Å². The molecule has 4 nitrogen and oxygen atoms in total. The maximum atomic E-state index is 8.58. The van der Waals surface area contributed by atoms with Gasteiger partial charge in [-0.15, -0.1) is 0 Å². The molecule has 1 aromatic carbocycles. The molecule has 0 saturated heterocycles. The minimum Gasteiger partial charge on any atom is -0.491 e. The number of rotatable bonds is 10. The van der Waals surface area contributed by atoms with Gasteiger partial charge in [-0.2, -0.15) is 0 Å². The van der Waals surface area contributed by atoms with Gasteiger partial charge in [-0.3, -0.25) is 0 Å². The van der Waals surface area contributed by atoms with Gasteiger partial charge in [0.1, 0.15) is 5.75 Å². The zero-order chi connectivity index (χ0) is 14.8. The molecule has 0 radical (unpaired) electrons. The fourth-order valence-electron chi connectivity index (χ4n) is 1.60. The Bertz CT molecular complexity index is 379. The summed E-state index contributed by atoms with van der Waals surface area (Å²) in [7, 11) is 0. The van der Waals surface area contributed by atoms with Gasteiger partial charge in [0.25, 0.3) is 0 Å². The highest BCUT2D eigenvalue weighted by Crippen LogP contribution is 2.34. The highest BCUT2D eigenvalue weighted by molar-refractivity contribution is 9.11. The van der Waals surface area contributed by atoms with E-state index in [4.69, 9.17) is 14.6 Å². The Morgan fingerprint density at radius 2 is 1.85 bits per heavy atom. The van der Waals surface area contributed by atoms with Gasteiger partial charge >= 0.3 is 0 Å². The zero-order valence-electron chi connectivity index (χ0n) is 11.6. The van der Waals surface area contributed by atoms with Crippen LogP contribution in [0.1, 0.15) is 18.9 Å². The Morgan fingerprint density at radius 1 is 1.15 bits per heavy atom. The van der Waals surface area contributed by atoms with Crippen molar-refractivity contribution < 1.29 is 14.6 Å². The van der Waals surface area contributed by atoms with Gasteiger partial charge in [-0.1, -0.05) is 6.92 Å². The molecule has 0 saturated carbocycles. The monoisotopic (exact) mass is 409 g/mol. The Labute approximate surface area is 137 Å². The maximum Gasteiger partial charge on any atom is 0.147 e. The van der Waals surface area contributed by atoms with Crippen LogP contribution in [0.25, 0.3) is 0 Å². The molecular formula is C14H21Br2NO3. The number of aliphatic hydroxyl groups excluding tert-OH is 1. The fraction of sp³-hybridized carbons (Fsp3) is 0.571. The van der Waals surface area contributed by atoms with Crippen molar-refractivity contribution in [1.82, 2.24) is 5.32 Å². The summed E-state index contributed by atoms with van der Waals surface area (Å²) in [4.78, 5) is 0. The predicted octanol–water partition coefficient (Wildman–Crippen LogP) is 3.10. The Morgan fingerprint density at radius 3 is 2.45 bits per heavy atom. The normalized spacial score (nSPS) is 10.8. The first-order valence-electron chi connectivity index (χ1n) is 6.69. The van der Waals surface area contributed by atoms with Crippen LogP contribution in [-0.2, 0) is 11.3 Å². The maximum absolute atomic E-state index is 8.58. The lowest BCUT2D eigenvalue weighted by Gasteiger charge is -2.12. The van der Waals surface area contributed by atoms with Crippen molar-refractivity contribution >= 4 is 31.9 Å². The van der Waals surface area contributed by atoms with Crippen molar-refractivity contribution in [1.29, 1.82) is 0 Å². The lowest BCUT2D eigenvalue weighted by atomic mass is 10.2. The Balaban J connectivity index is 2.43. The summed E-state index contributed by atoms with van der Waals surface area (Å²) in [6, 6.07) is 4.11. The summed E-state index contributed by atoms with van der Waals surface area (Å²) in [6.07, 6.45) is 0.982. The number of halogens is 2. The fourth-order valence-corrected chi connectivity index (χ4v) is 3.11. The third kappa shape index (κ3) is 6.54. The van der Waals surface area contributed by atoms with Crippen LogP contribution in [0.4, 0.5) is 0 Å². The molecule has 0 amide bonds. The van der Waals surface area contributed by atoms with Crippen molar-refractivity contribution in [3.05, 3.63) is 26.6 Å². The van der Waals surface area contributed by atoms with E-state index in [2.05, 4.69) is 56.2 Å². The van der Waals surface area contributed by atoms with E-state index < -0.39 is 0 Å². The molecule has 2 N–H and O–H groups in total. The lowest BCUT2D eigenvalue weighted by Crippen LogP contribution is -2.20. The zero-order valence-corrected chi connectivity index (χ0v) is 14.8. The summed E-state index contributed by atoms with van der Waals surface area (Å²) in [5.74, 6) is 0.849. The van der Waals surface area contributed by atoms with Crippen LogP contribution in [0.3, 0.4) is 0 Å². The van der Waals surface area contributed by atoms with E-state index in [-0.39, 0.29) is 6.61 Å². The molecule has 1 rings (SSSR count). The number of aliphatic hydroxyl groups is 1. The van der Waals surface area contributed by atoms with E-state index in [1.807, 2.05) is 0 Å². The number of nitrogens with one attached hydrogen (secondary N) is 1. The van der Waals surface area contributed by atoms with E-state index in [1.54, 1.807) is 0 Å². The van der Waals surface area contributed by atoms with Gasteiger partial charge < -0.3 is 19.9 Å². The van der Waals surface area contributed by atoms with Crippen LogP contribution >= 0.6 is 31.9 Å². The van der Waals surface area contributed by atoms with Crippen molar-refractivity contribution in [2.45, 2.75) is 19.9 Å². The molecule has 0 aliphatic heterocycles. The average molecular weight is 411 g/mol. The second-order valence-electron chi connectivity index (χ2n) is 4.25. The third-order valence-corrected chi connectivity index (χ3v) is 3.67. The summed E-state index contributed by atoms with van der Waals surface area (Å²) < 4.78 is 12.8. The van der Waals surface area contributed by atoms with E-state index in [0.717, 1.165) is 39.8 Å². The molecular weight excluding hydrogens is 390 g/mol. The van der Waals surface area contributed by atoms with Gasteiger partial charge in [0, 0.05) is 13.1 Å². The molecule has 114 valence electrons. The van der Waals surface area contributed by atoms with Crippen LogP contribution in [0.15, 0.2) is 21.1 Å². The van der Waals surface area contributed by atoms with E-state index in [1.165, 1.54) is 0 Å². The predicted molar refractivity (Wildman–Crippen MR) is 87.2 cm³/mol. The SMILES string of the molecule is CCCOc1c(Br)cc(CNCCOCCO)cc1Br. The molecule has 6 heteroatoms. The molecule has 0 aliphatic carbocycles. The minimum absolute atomic E-state index is 0.0686. The highest BCUT2D eigenvalue weighted by Gasteiger charge is 2.08. The smallest absolute Gasteiger partial charge is 0.147 e. The van der Waals surface area contributed by atoms with Gasteiger partial charge in [0.05, 0.1) is 35.4 Å². The lowest BCUT2D eigenvalue weighted by molar-refractivity contribution is 0.0938. The summed E-state index contributed by atoms with van der Waals surface area (Å²) in [5, 5.41) is 11.9. The number of hydrogen-bond donors (Lipinski definition) is 2. The average Bonchev–Trinajstić information content (AvgIpc) is 2.42. The Hall–Kier alpha value is -0.140. The molecule has 0 bridgehead atoms. The summed E-state index contributed by atoms with van der Waals surface area (Å²) in [5.41, 5.74) is 1.16. The standard InChI is InChI=1S/C14H21Br2NO3/c1-2-5-20-14-12(15)8-11(9-13(14)16)10-17-3-6-19-7-4-18/h8-9,17-18H,2-7,10H2,1H3. The third-order valence-electron chi connectivity index (χ3n) is 2.50. The van der Waals surface area contributed by atoms with Crippen molar-refractivity contribution in [2.24, 2.45) is 0 Å². The molecule has 0 aliphatic rings.